The van der Waals surface area contributed by atoms with Crippen molar-refractivity contribution in [2.75, 3.05) is 18.0 Å². The maximum absolute atomic E-state index is 14.2. The highest BCUT2D eigenvalue weighted by Gasteiger charge is 2.34. The summed E-state index contributed by atoms with van der Waals surface area (Å²) in [6.45, 7) is 3.35. The van der Waals surface area contributed by atoms with Gasteiger partial charge in [-0.05, 0) is 85.8 Å². The molecule has 42 heavy (non-hydrogen) atoms. The maximum Gasteiger partial charge on any atom is 0.264 e. The number of nitrogens with one attached hydrogen (secondary N) is 1. The molecule has 0 radical (unpaired) electrons. The molecule has 1 atom stereocenters. The summed E-state index contributed by atoms with van der Waals surface area (Å²) in [4.78, 5) is 29.3. The van der Waals surface area contributed by atoms with E-state index in [-0.39, 0.29) is 23.4 Å². The van der Waals surface area contributed by atoms with Gasteiger partial charge in [0, 0.05) is 17.6 Å². The Bertz CT molecular complexity index is 1470. The zero-order valence-corrected chi connectivity index (χ0v) is 25.8. The minimum absolute atomic E-state index is 0.00827. The molecule has 8 nitrogen and oxygen atoms in total. The van der Waals surface area contributed by atoms with Crippen molar-refractivity contribution in [2.45, 2.75) is 69.5 Å². The lowest BCUT2D eigenvalue weighted by Crippen LogP contribution is -2.53. The number of ether oxygens (including phenoxy) is 1. The number of hydrogen-bond acceptors (Lipinski definition) is 5. The molecule has 1 saturated carbocycles. The molecule has 0 aromatic heterocycles. The quantitative estimate of drug-likeness (QED) is 0.283. The van der Waals surface area contributed by atoms with Crippen molar-refractivity contribution in [1.82, 2.24) is 10.2 Å². The van der Waals surface area contributed by atoms with Crippen LogP contribution in [-0.2, 0) is 26.2 Å². The van der Waals surface area contributed by atoms with Crippen molar-refractivity contribution >= 4 is 39.1 Å². The largest absolute Gasteiger partial charge is 0.497 e. The van der Waals surface area contributed by atoms with Gasteiger partial charge in [-0.25, -0.2) is 8.42 Å². The minimum atomic E-state index is -4.16. The number of methoxy groups -OCH3 is 1. The van der Waals surface area contributed by atoms with E-state index in [9.17, 15) is 18.0 Å². The molecule has 4 rings (SSSR count). The Hall–Kier alpha value is -3.56. The second-order valence-electron chi connectivity index (χ2n) is 10.6. The van der Waals surface area contributed by atoms with Crippen LogP contribution in [0.5, 0.6) is 5.75 Å². The monoisotopic (exact) mass is 611 g/mol. The molecule has 1 aliphatic carbocycles. The first-order valence-corrected chi connectivity index (χ1v) is 16.0. The van der Waals surface area contributed by atoms with Crippen LogP contribution in [0.3, 0.4) is 0 Å². The lowest BCUT2D eigenvalue weighted by atomic mass is 10.1. The van der Waals surface area contributed by atoms with Gasteiger partial charge in [-0.1, -0.05) is 55.6 Å². The summed E-state index contributed by atoms with van der Waals surface area (Å²) in [5.41, 5.74) is 1.99. The maximum atomic E-state index is 14.2. The average Bonchev–Trinajstić information content (AvgIpc) is 3.49. The van der Waals surface area contributed by atoms with E-state index in [0.29, 0.717) is 22.9 Å². The number of rotatable bonds is 12. The van der Waals surface area contributed by atoms with E-state index in [4.69, 9.17) is 16.3 Å². The third kappa shape index (κ3) is 7.63. The van der Waals surface area contributed by atoms with Crippen molar-refractivity contribution < 1.29 is 22.7 Å². The van der Waals surface area contributed by atoms with Gasteiger partial charge >= 0.3 is 0 Å². The lowest BCUT2D eigenvalue weighted by molar-refractivity contribution is -0.140. The Balaban J connectivity index is 1.71. The highest BCUT2D eigenvalue weighted by Crippen LogP contribution is 2.27. The standard InChI is InChI=1S/C32H38ClN3O5S/c1-4-30(32(38)34-26-9-5-6-10-26)35(21-24-12-16-28(41-3)17-13-24)31(37)22-36(27-11-7-8-23(2)20-27)42(39,40)29-18-14-25(33)15-19-29/h7-8,11-20,26,30H,4-6,9-10,21-22H2,1-3H3,(H,34,38)/t30-/m0/s1. The second kappa shape index (κ2) is 14.1. The Morgan fingerprint density at radius 3 is 2.29 bits per heavy atom. The predicted octanol–water partition coefficient (Wildman–Crippen LogP) is 5.72. The van der Waals surface area contributed by atoms with Crippen LogP contribution in [0.4, 0.5) is 5.69 Å². The summed E-state index contributed by atoms with van der Waals surface area (Å²) in [5, 5.41) is 3.53. The SMILES string of the molecule is CC[C@@H](C(=O)NC1CCCC1)N(Cc1ccc(OC)cc1)C(=O)CN(c1cccc(C)c1)S(=O)(=O)c1ccc(Cl)cc1. The molecule has 0 spiro atoms. The van der Waals surface area contributed by atoms with Crippen LogP contribution in [0.2, 0.25) is 5.02 Å². The first-order chi connectivity index (χ1) is 20.1. The zero-order chi connectivity index (χ0) is 30.3. The van der Waals surface area contributed by atoms with E-state index >= 15 is 0 Å². The van der Waals surface area contributed by atoms with E-state index in [1.165, 1.54) is 29.2 Å². The number of nitrogens with zero attached hydrogens (tertiary/aromatic N) is 2. The van der Waals surface area contributed by atoms with Crippen molar-refractivity contribution in [2.24, 2.45) is 0 Å². The van der Waals surface area contributed by atoms with E-state index in [1.54, 1.807) is 37.4 Å². The summed E-state index contributed by atoms with van der Waals surface area (Å²) < 4.78 is 34.3. The molecule has 1 fully saturated rings. The highest BCUT2D eigenvalue weighted by molar-refractivity contribution is 7.92. The van der Waals surface area contributed by atoms with Gasteiger partial charge in [-0.15, -0.1) is 0 Å². The molecule has 10 heteroatoms. The number of anilines is 1. The van der Waals surface area contributed by atoms with Crippen LogP contribution in [-0.4, -0.2) is 50.9 Å². The number of carbonyl (C=O) groups excluding carboxylic acids is 2. The molecular weight excluding hydrogens is 574 g/mol. The normalized spacial score (nSPS) is 14.3. The summed E-state index contributed by atoms with van der Waals surface area (Å²) in [6.07, 6.45) is 4.31. The van der Waals surface area contributed by atoms with E-state index < -0.39 is 28.5 Å². The summed E-state index contributed by atoms with van der Waals surface area (Å²) >= 11 is 6.03. The topological polar surface area (TPSA) is 96.0 Å². The molecule has 0 saturated heterocycles. The molecule has 0 unspecified atom stereocenters. The number of hydrogen-bond donors (Lipinski definition) is 1. The van der Waals surface area contributed by atoms with Crippen LogP contribution < -0.4 is 14.4 Å². The van der Waals surface area contributed by atoms with E-state index in [2.05, 4.69) is 5.32 Å². The predicted molar refractivity (Wildman–Crippen MR) is 165 cm³/mol. The summed E-state index contributed by atoms with van der Waals surface area (Å²) in [5.74, 6) is -0.0467. The molecule has 0 bridgehead atoms. The van der Waals surface area contributed by atoms with Gasteiger partial charge in [0.2, 0.25) is 11.8 Å². The Kier molecular flexibility index (Phi) is 10.5. The Morgan fingerprint density at radius 2 is 1.69 bits per heavy atom. The van der Waals surface area contributed by atoms with Crippen LogP contribution in [0.25, 0.3) is 0 Å². The molecule has 2 amide bonds. The number of amides is 2. The minimum Gasteiger partial charge on any atom is -0.497 e. The molecule has 224 valence electrons. The van der Waals surface area contributed by atoms with Gasteiger partial charge in [0.05, 0.1) is 17.7 Å². The van der Waals surface area contributed by atoms with Crippen LogP contribution in [0.15, 0.2) is 77.7 Å². The number of carbonyl (C=O) groups is 2. The molecule has 1 N–H and O–H groups in total. The van der Waals surface area contributed by atoms with Gasteiger partial charge in [-0.2, -0.15) is 0 Å². The van der Waals surface area contributed by atoms with E-state index in [0.717, 1.165) is 41.1 Å². The van der Waals surface area contributed by atoms with Crippen molar-refractivity contribution in [3.63, 3.8) is 0 Å². The summed E-state index contributed by atoms with van der Waals surface area (Å²) in [7, 11) is -2.58. The smallest absolute Gasteiger partial charge is 0.264 e. The highest BCUT2D eigenvalue weighted by atomic mass is 35.5. The lowest BCUT2D eigenvalue weighted by Gasteiger charge is -2.34. The molecule has 0 aliphatic heterocycles. The number of benzene rings is 3. The number of sulfonamides is 1. The number of aryl methyl sites for hydroxylation is 1. The molecule has 3 aromatic rings. The van der Waals surface area contributed by atoms with Gasteiger partial charge in [0.1, 0.15) is 18.3 Å². The fourth-order valence-electron chi connectivity index (χ4n) is 5.26. The van der Waals surface area contributed by atoms with Crippen molar-refractivity contribution in [1.29, 1.82) is 0 Å². The first kappa shape index (κ1) is 31.4. The summed E-state index contributed by atoms with van der Waals surface area (Å²) in [6, 6.07) is 19.4. The van der Waals surface area contributed by atoms with Gasteiger partial charge in [0.25, 0.3) is 10.0 Å². The van der Waals surface area contributed by atoms with Gasteiger partial charge in [0.15, 0.2) is 0 Å². The Morgan fingerprint density at radius 1 is 1.02 bits per heavy atom. The van der Waals surface area contributed by atoms with Gasteiger partial charge < -0.3 is 15.0 Å². The van der Waals surface area contributed by atoms with Crippen molar-refractivity contribution in [3.05, 3.63) is 88.9 Å². The third-order valence-corrected chi connectivity index (χ3v) is 9.61. The molecular formula is C32H38ClN3O5S. The molecule has 1 aliphatic rings. The average molecular weight is 612 g/mol. The van der Waals surface area contributed by atoms with Crippen LogP contribution >= 0.6 is 11.6 Å². The Labute approximate surface area is 253 Å². The fraction of sp³-hybridized carbons (Fsp3) is 0.375. The van der Waals surface area contributed by atoms with Crippen LogP contribution in [0.1, 0.15) is 50.2 Å². The first-order valence-electron chi connectivity index (χ1n) is 14.2. The third-order valence-electron chi connectivity index (χ3n) is 7.57. The molecule has 3 aromatic carbocycles. The zero-order valence-electron chi connectivity index (χ0n) is 24.3. The van der Waals surface area contributed by atoms with Gasteiger partial charge in [-0.3, -0.25) is 13.9 Å². The number of halogens is 1. The van der Waals surface area contributed by atoms with Crippen molar-refractivity contribution in [3.8, 4) is 5.75 Å². The molecule has 0 heterocycles. The van der Waals surface area contributed by atoms with Crippen LogP contribution in [0, 0.1) is 6.92 Å². The second-order valence-corrected chi connectivity index (χ2v) is 12.9. The van der Waals surface area contributed by atoms with E-state index in [1.807, 2.05) is 32.0 Å². The fourth-order valence-corrected chi connectivity index (χ4v) is 6.79.